The molecule has 0 N–H and O–H groups in total. The van der Waals surface area contributed by atoms with Gasteiger partial charge in [-0.05, 0) is 13.0 Å². The average Bonchev–Trinajstić information content (AvgIpc) is 3.14. The Bertz CT molecular complexity index is 1020. The lowest BCUT2D eigenvalue weighted by Crippen LogP contribution is -2.09. The number of alkyl halides is 3. The van der Waals surface area contributed by atoms with Crippen LogP contribution in [0.1, 0.15) is 11.3 Å². The Balaban J connectivity index is 2.07. The molecule has 0 atom stereocenters. The maximum Gasteiger partial charge on any atom is 0.418 e. The second-order valence-corrected chi connectivity index (χ2v) is 4.84. The second kappa shape index (κ2) is 4.48. The summed E-state index contributed by atoms with van der Waals surface area (Å²) >= 11 is 0. The van der Waals surface area contributed by atoms with E-state index < -0.39 is 11.7 Å². The average molecular weight is 320 g/mol. The highest BCUT2D eigenvalue weighted by molar-refractivity contribution is 5.78. The van der Waals surface area contributed by atoms with Gasteiger partial charge in [0, 0.05) is 11.9 Å². The number of hydrogen-bond donors (Lipinski definition) is 0. The van der Waals surface area contributed by atoms with Crippen molar-refractivity contribution in [2.75, 3.05) is 0 Å². The third kappa shape index (κ3) is 2.10. The van der Waals surface area contributed by atoms with Gasteiger partial charge in [-0.25, -0.2) is 15.0 Å². The summed E-state index contributed by atoms with van der Waals surface area (Å²) in [6, 6.07) is 0.969. The van der Waals surface area contributed by atoms with Crippen molar-refractivity contribution in [3.8, 4) is 11.6 Å². The Morgan fingerprint density at radius 1 is 1.22 bits per heavy atom. The summed E-state index contributed by atoms with van der Waals surface area (Å²) in [6.45, 7) is 1.49. The van der Waals surface area contributed by atoms with Gasteiger partial charge < -0.3 is 4.42 Å². The van der Waals surface area contributed by atoms with E-state index in [4.69, 9.17) is 4.42 Å². The van der Waals surface area contributed by atoms with Crippen molar-refractivity contribution in [2.45, 2.75) is 13.1 Å². The van der Waals surface area contributed by atoms with Crippen molar-refractivity contribution >= 4 is 16.8 Å². The Kier molecular flexibility index (Phi) is 2.65. The number of pyridine rings is 1. The van der Waals surface area contributed by atoms with Crippen LogP contribution < -0.4 is 0 Å². The van der Waals surface area contributed by atoms with Gasteiger partial charge in [0.15, 0.2) is 11.3 Å². The van der Waals surface area contributed by atoms with Crippen molar-refractivity contribution in [3.63, 3.8) is 0 Å². The van der Waals surface area contributed by atoms with Gasteiger partial charge in [0.25, 0.3) is 5.89 Å². The first-order valence-electron chi connectivity index (χ1n) is 6.42. The van der Waals surface area contributed by atoms with E-state index in [0.29, 0.717) is 11.3 Å². The molecule has 0 saturated heterocycles. The number of fused-ring (bicyclic) bond motifs is 3. The SMILES string of the molecule is Cc1cc(C(F)(F)F)c2ncc3nc(-c4nnco4)cn3c2n1. The van der Waals surface area contributed by atoms with Gasteiger partial charge in [0.2, 0.25) is 6.39 Å². The third-order valence-electron chi connectivity index (χ3n) is 3.26. The highest BCUT2D eigenvalue weighted by Gasteiger charge is 2.34. The minimum absolute atomic E-state index is 0.0630. The fraction of sp³-hybridized carbons (Fsp3) is 0.154. The highest BCUT2D eigenvalue weighted by Crippen LogP contribution is 2.34. The van der Waals surface area contributed by atoms with Gasteiger partial charge in [0.1, 0.15) is 11.2 Å². The molecule has 23 heavy (non-hydrogen) atoms. The topological polar surface area (TPSA) is 82.0 Å². The van der Waals surface area contributed by atoms with Gasteiger partial charge in [-0.3, -0.25) is 4.40 Å². The first-order chi connectivity index (χ1) is 10.9. The largest absolute Gasteiger partial charge is 0.422 e. The van der Waals surface area contributed by atoms with E-state index in [-0.39, 0.29) is 22.7 Å². The summed E-state index contributed by atoms with van der Waals surface area (Å²) in [7, 11) is 0. The van der Waals surface area contributed by atoms with Crippen molar-refractivity contribution in [2.24, 2.45) is 0 Å². The summed E-state index contributed by atoms with van der Waals surface area (Å²) in [5.41, 5.74) is -0.133. The van der Waals surface area contributed by atoms with Gasteiger partial charge in [0.05, 0.1) is 11.8 Å². The molecule has 10 heteroatoms. The lowest BCUT2D eigenvalue weighted by molar-refractivity contribution is -0.136. The molecule has 7 nitrogen and oxygen atoms in total. The lowest BCUT2D eigenvalue weighted by Gasteiger charge is -2.11. The molecule has 0 fully saturated rings. The van der Waals surface area contributed by atoms with Crippen molar-refractivity contribution in [3.05, 3.63) is 36.1 Å². The standard InChI is InChI=1S/C13H7F3N6O/c1-6-2-7(13(14,15)16)10-11(19-6)22-4-8(12-21-18-5-23-12)20-9(22)3-17-10/h2-5H,1H3. The molecule has 0 saturated carbocycles. The van der Waals surface area contributed by atoms with E-state index >= 15 is 0 Å². The summed E-state index contributed by atoms with van der Waals surface area (Å²) in [6.07, 6.45) is -0.656. The van der Waals surface area contributed by atoms with E-state index in [1.165, 1.54) is 23.7 Å². The lowest BCUT2D eigenvalue weighted by atomic mass is 10.2. The van der Waals surface area contributed by atoms with Crippen LogP contribution in [0.4, 0.5) is 13.2 Å². The number of aromatic nitrogens is 6. The number of imidazole rings is 1. The zero-order valence-corrected chi connectivity index (χ0v) is 11.5. The van der Waals surface area contributed by atoms with E-state index in [1.807, 2.05) is 0 Å². The quantitative estimate of drug-likeness (QED) is 0.536. The third-order valence-corrected chi connectivity index (χ3v) is 3.26. The second-order valence-electron chi connectivity index (χ2n) is 4.84. The van der Waals surface area contributed by atoms with E-state index in [2.05, 4.69) is 25.1 Å². The Morgan fingerprint density at radius 2 is 2.04 bits per heavy atom. The van der Waals surface area contributed by atoms with Crippen molar-refractivity contribution < 1.29 is 17.6 Å². The van der Waals surface area contributed by atoms with Gasteiger partial charge in [-0.2, -0.15) is 13.2 Å². The molecule has 0 aromatic carbocycles. The normalized spacial score (nSPS) is 12.3. The maximum atomic E-state index is 13.2. The van der Waals surface area contributed by atoms with Crippen LogP contribution in [0.5, 0.6) is 0 Å². The van der Waals surface area contributed by atoms with Gasteiger partial charge in [-0.1, -0.05) is 0 Å². The smallest absolute Gasteiger partial charge is 0.418 e. The molecule has 4 rings (SSSR count). The molecule has 0 spiro atoms. The maximum absolute atomic E-state index is 13.2. The van der Waals surface area contributed by atoms with Gasteiger partial charge in [-0.15, -0.1) is 10.2 Å². The zero-order chi connectivity index (χ0) is 16.2. The van der Waals surface area contributed by atoms with Gasteiger partial charge >= 0.3 is 6.18 Å². The number of aryl methyl sites for hydroxylation is 1. The van der Waals surface area contributed by atoms with Crippen LogP contribution in [0.15, 0.2) is 29.3 Å². The van der Waals surface area contributed by atoms with E-state index in [0.717, 1.165) is 12.5 Å². The first kappa shape index (κ1) is 13.6. The molecule has 0 bridgehead atoms. The molecule has 4 heterocycles. The predicted octanol–water partition coefficient (Wildman–Crippen LogP) is 2.65. The summed E-state index contributed by atoms with van der Waals surface area (Å²) in [5, 5.41) is 7.27. The number of hydrogen-bond acceptors (Lipinski definition) is 6. The molecule has 0 aliphatic carbocycles. The number of nitrogens with zero attached hydrogens (tertiary/aromatic N) is 6. The van der Waals surface area contributed by atoms with Crippen LogP contribution in [0.25, 0.3) is 28.4 Å². The van der Waals surface area contributed by atoms with Crippen LogP contribution in [0.3, 0.4) is 0 Å². The van der Waals surface area contributed by atoms with Crippen LogP contribution in [-0.4, -0.2) is 29.5 Å². The zero-order valence-electron chi connectivity index (χ0n) is 11.5. The summed E-state index contributed by atoms with van der Waals surface area (Å²) < 4.78 is 46.1. The molecule has 0 unspecified atom stereocenters. The van der Waals surface area contributed by atoms with E-state index in [9.17, 15) is 13.2 Å². The van der Waals surface area contributed by atoms with Crippen molar-refractivity contribution in [1.29, 1.82) is 0 Å². The Morgan fingerprint density at radius 3 is 2.74 bits per heavy atom. The molecule has 0 aliphatic heterocycles. The first-order valence-corrected chi connectivity index (χ1v) is 6.42. The minimum Gasteiger partial charge on any atom is -0.422 e. The highest BCUT2D eigenvalue weighted by atomic mass is 19.4. The molecule has 4 aromatic rings. The van der Waals surface area contributed by atoms with Crippen LogP contribution >= 0.6 is 0 Å². The fourth-order valence-electron chi connectivity index (χ4n) is 2.33. The molecule has 0 aliphatic rings. The number of halogens is 3. The van der Waals surface area contributed by atoms with E-state index in [1.54, 1.807) is 0 Å². The molecular formula is C13H7F3N6O. The molecule has 0 radical (unpaired) electrons. The van der Waals surface area contributed by atoms with Crippen LogP contribution in [-0.2, 0) is 6.18 Å². The minimum atomic E-state index is -4.53. The van der Waals surface area contributed by atoms with Crippen LogP contribution in [0.2, 0.25) is 0 Å². The summed E-state index contributed by atoms with van der Waals surface area (Å²) in [4.78, 5) is 12.3. The summed E-state index contributed by atoms with van der Waals surface area (Å²) in [5.74, 6) is 0.158. The Labute approximate surface area is 125 Å². The van der Waals surface area contributed by atoms with Crippen molar-refractivity contribution in [1.82, 2.24) is 29.5 Å². The predicted molar refractivity (Wildman–Crippen MR) is 71.3 cm³/mol. The fourth-order valence-corrected chi connectivity index (χ4v) is 2.33. The molecule has 116 valence electrons. The monoisotopic (exact) mass is 320 g/mol. The Hall–Kier alpha value is -3.04. The number of rotatable bonds is 1. The molecular weight excluding hydrogens is 313 g/mol. The molecule has 0 amide bonds. The molecule has 4 aromatic heterocycles. The van der Waals surface area contributed by atoms with Crippen LogP contribution in [0, 0.1) is 6.92 Å².